The van der Waals surface area contributed by atoms with Crippen molar-refractivity contribution in [3.05, 3.63) is 71.7 Å². The highest BCUT2D eigenvalue weighted by Gasteiger charge is 2.44. The van der Waals surface area contributed by atoms with E-state index in [1.165, 1.54) is 31.6 Å². The molecule has 0 bridgehead atoms. The maximum Gasteiger partial charge on any atom is 0.251 e. The highest BCUT2D eigenvalue weighted by atomic mass is 19.2. The zero-order valence-electron chi connectivity index (χ0n) is 23.6. The van der Waals surface area contributed by atoms with Crippen molar-refractivity contribution in [2.75, 3.05) is 19.0 Å². The number of methoxy groups -OCH3 is 1. The molecule has 1 aliphatic heterocycles. The fourth-order valence-electron chi connectivity index (χ4n) is 5.99. The number of amides is 2. The summed E-state index contributed by atoms with van der Waals surface area (Å²) in [7, 11) is 1.27. The van der Waals surface area contributed by atoms with Crippen LogP contribution in [0.25, 0.3) is 16.9 Å². The van der Waals surface area contributed by atoms with Gasteiger partial charge in [0.1, 0.15) is 0 Å². The van der Waals surface area contributed by atoms with Crippen LogP contribution in [0.5, 0.6) is 5.75 Å². The average molecular weight is 592 g/mol. The second-order valence-corrected chi connectivity index (χ2v) is 11.0. The highest BCUT2D eigenvalue weighted by molar-refractivity contribution is 5.96. The number of carbonyl (C=O) groups is 2. The topological polar surface area (TPSA) is 147 Å². The lowest BCUT2D eigenvalue weighted by molar-refractivity contribution is -0.123. The van der Waals surface area contributed by atoms with Crippen molar-refractivity contribution >= 4 is 29.0 Å². The summed E-state index contributed by atoms with van der Waals surface area (Å²) in [6.45, 7) is 2.24. The summed E-state index contributed by atoms with van der Waals surface area (Å²) < 4.78 is 35.6. The van der Waals surface area contributed by atoms with Gasteiger partial charge in [0.2, 0.25) is 11.7 Å². The van der Waals surface area contributed by atoms with Gasteiger partial charge in [-0.1, -0.05) is 0 Å². The summed E-state index contributed by atoms with van der Waals surface area (Å²) in [4.78, 5) is 35.5. The van der Waals surface area contributed by atoms with Gasteiger partial charge < -0.3 is 26.2 Å². The lowest BCUT2D eigenvalue weighted by Gasteiger charge is -2.43. The van der Waals surface area contributed by atoms with Crippen LogP contribution in [0.4, 0.5) is 20.3 Å². The molecule has 2 atom stereocenters. The van der Waals surface area contributed by atoms with Crippen molar-refractivity contribution in [2.24, 2.45) is 5.73 Å². The Hall–Kier alpha value is -4.62. The molecular formula is C30H31F2N7O4. The number of hydrogen-bond acceptors (Lipinski definition) is 8. The molecule has 13 heteroatoms. The molecule has 0 radical (unpaired) electrons. The van der Waals surface area contributed by atoms with E-state index in [1.807, 2.05) is 17.9 Å². The number of likely N-dealkylation sites (tertiary alicyclic amines) is 1. The van der Waals surface area contributed by atoms with E-state index in [1.54, 1.807) is 22.7 Å². The number of primary amides is 1. The Labute approximate surface area is 245 Å². The highest BCUT2D eigenvalue weighted by Crippen LogP contribution is 2.33. The van der Waals surface area contributed by atoms with Crippen LogP contribution in [0.15, 0.2) is 48.9 Å². The van der Waals surface area contributed by atoms with Crippen LogP contribution in [0, 0.1) is 18.6 Å². The van der Waals surface area contributed by atoms with Crippen molar-refractivity contribution < 1.29 is 28.2 Å². The molecule has 2 aromatic carbocycles. The molecule has 1 saturated heterocycles. The van der Waals surface area contributed by atoms with E-state index >= 15 is 0 Å². The van der Waals surface area contributed by atoms with Crippen LogP contribution in [0.3, 0.4) is 0 Å². The third kappa shape index (κ3) is 5.25. The normalized spacial score (nSPS) is 21.9. The number of β-amino-alcohol motifs (C(OH)–C–C–N with tert-alkyl or cyclic N) is 1. The van der Waals surface area contributed by atoms with Crippen LogP contribution in [0.2, 0.25) is 0 Å². The number of hydrogen-bond donors (Lipinski definition) is 4. The predicted molar refractivity (Wildman–Crippen MR) is 154 cm³/mol. The maximum absolute atomic E-state index is 14.8. The number of carbonyl (C=O) groups excluding carboxylic acids is 2. The van der Waals surface area contributed by atoms with Crippen LogP contribution in [0.1, 0.15) is 35.2 Å². The van der Waals surface area contributed by atoms with Gasteiger partial charge in [-0.3, -0.25) is 18.9 Å². The molecule has 2 fully saturated rings. The van der Waals surface area contributed by atoms with Gasteiger partial charge in [-0.25, -0.2) is 14.4 Å². The molecule has 1 saturated carbocycles. The zero-order chi connectivity index (χ0) is 30.4. The van der Waals surface area contributed by atoms with Crippen LogP contribution >= 0.6 is 0 Å². The van der Waals surface area contributed by atoms with Crippen LogP contribution in [-0.4, -0.2) is 74.1 Å². The number of fused-ring (bicyclic) bond motifs is 1. The molecule has 4 aromatic rings. The standard InChI is InChI=1S/C30H31F2N7O4/c1-15-9-16(3-4-20(15)30(42)37-17-10-18(11-17)39-14-19(40)12-22(39)27(33)41)36-28-29-35-13-23(38(29)8-7-34-28)21-5-6-24(43-2)26(32)25(21)31/h3-9,13,17-19,22,40H,10-12,14H2,1-2H3,(H2,33,41)(H,34,36)(H,37,42). The Kier molecular flexibility index (Phi) is 7.44. The van der Waals surface area contributed by atoms with Gasteiger partial charge >= 0.3 is 0 Å². The number of benzene rings is 2. The number of imidazole rings is 1. The number of anilines is 2. The van der Waals surface area contributed by atoms with E-state index in [0.717, 1.165) is 5.56 Å². The first-order valence-corrected chi connectivity index (χ1v) is 13.9. The summed E-state index contributed by atoms with van der Waals surface area (Å²) in [6.07, 6.45) is 5.69. The zero-order valence-corrected chi connectivity index (χ0v) is 23.6. The minimum atomic E-state index is -1.08. The number of rotatable bonds is 8. The largest absolute Gasteiger partial charge is 0.494 e. The molecule has 6 rings (SSSR count). The third-order valence-corrected chi connectivity index (χ3v) is 8.27. The number of halogens is 2. The first kappa shape index (κ1) is 28.5. The van der Waals surface area contributed by atoms with Crippen LogP contribution in [-0.2, 0) is 4.79 Å². The number of aromatic nitrogens is 3. The van der Waals surface area contributed by atoms with E-state index in [0.29, 0.717) is 54.2 Å². The number of aliphatic hydroxyl groups excluding tert-OH is 1. The molecule has 0 spiro atoms. The molecule has 224 valence electrons. The molecular weight excluding hydrogens is 560 g/mol. The molecule has 1 aliphatic carbocycles. The molecule has 11 nitrogen and oxygen atoms in total. The Balaban J connectivity index is 1.13. The number of nitrogens with zero attached hydrogens (tertiary/aromatic N) is 4. The van der Waals surface area contributed by atoms with E-state index in [-0.39, 0.29) is 29.3 Å². The molecule has 43 heavy (non-hydrogen) atoms. The fraction of sp³-hybridized carbons (Fsp3) is 0.333. The first-order valence-electron chi connectivity index (χ1n) is 13.9. The second kappa shape index (κ2) is 11.2. The lowest BCUT2D eigenvalue weighted by atomic mass is 9.84. The fourth-order valence-corrected chi connectivity index (χ4v) is 5.99. The number of ether oxygens (including phenoxy) is 1. The molecule has 2 amide bonds. The summed E-state index contributed by atoms with van der Waals surface area (Å²) >= 11 is 0. The van der Waals surface area contributed by atoms with Gasteiger partial charge in [-0.05, 0) is 62.1 Å². The van der Waals surface area contributed by atoms with Crippen molar-refractivity contribution in [3.63, 3.8) is 0 Å². The average Bonchev–Trinajstić information content (AvgIpc) is 3.56. The molecule has 5 N–H and O–H groups in total. The first-order chi connectivity index (χ1) is 20.6. The molecule has 2 unspecified atom stereocenters. The molecule has 2 aromatic heterocycles. The maximum atomic E-state index is 14.8. The molecule has 2 aliphatic rings. The van der Waals surface area contributed by atoms with Gasteiger partial charge in [0.25, 0.3) is 5.91 Å². The summed E-state index contributed by atoms with van der Waals surface area (Å²) in [5.74, 6) is -2.56. The van der Waals surface area contributed by atoms with Crippen molar-refractivity contribution in [1.29, 1.82) is 0 Å². The quantitative estimate of drug-likeness (QED) is 0.245. The number of aliphatic hydroxyl groups is 1. The smallest absolute Gasteiger partial charge is 0.251 e. The third-order valence-electron chi connectivity index (χ3n) is 8.27. The Morgan fingerprint density at radius 3 is 2.63 bits per heavy atom. The van der Waals surface area contributed by atoms with Gasteiger partial charge in [-0.15, -0.1) is 0 Å². The Morgan fingerprint density at radius 2 is 1.91 bits per heavy atom. The van der Waals surface area contributed by atoms with E-state index in [2.05, 4.69) is 20.6 Å². The molecule has 3 heterocycles. The minimum Gasteiger partial charge on any atom is -0.494 e. The van der Waals surface area contributed by atoms with Gasteiger partial charge in [0.15, 0.2) is 23.0 Å². The lowest BCUT2D eigenvalue weighted by Crippen LogP contribution is -2.57. The second-order valence-electron chi connectivity index (χ2n) is 11.0. The Morgan fingerprint density at radius 1 is 1.12 bits per heavy atom. The van der Waals surface area contributed by atoms with Crippen LogP contribution < -0.4 is 21.1 Å². The van der Waals surface area contributed by atoms with E-state index in [9.17, 15) is 23.5 Å². The van der Waals surface area contributed by atoms with Gasteiger partial charge in [0, 0.05) is 47.8 Å². The Bertz CT molecular complexity index is 1720. The predicted octanol–water partition coefficient (Wildman–Crippen LogP) is 2.92. The van der Waals surface area contributed by atoms with Crippen molar-refractivity contribution in [2.45, 2.75) is 50.4 Å². The summed E-state index contributed by atoms with van der Waals surface area (Å²) in [5.41, 5.74) is 8.19. The van der Waals surface area contributed by atoms with Crippen molar-refractivity contribution in [3.8, 4) is 17.0 Å². The number of aryl methyl sites for hydroxylation is 1. The van der Waals surface area contributed by atoms with Crippen molar-refractivity contribution in [1.82, 2.24) is 24.6 Å². The van der Waals surface area contributed by atoms with E-state index < -0.39 is 29.7 Å². The minimum absolute atomic E-state index is 0.0256. The number of nitrogens with one attached hydrogen (secondary N) is 2. The van der Waals surface area contributed by atoms with Gasteiger partial charge in [0.05, 0.1) is 31.1 Å². The van der Waals surface area contributed by atoms with Gasteiger partial charge in [-0.2, -0.15) is 4.39 Å². The van der Waals surface area contributed by atoms with E-state index in [4.69, 9.17) is 10.5 Å². The summed E-state index contributed by atoms with van der Waals surface area (Å²) in [5, 5.41) is 16.2. The monoisotopic (exact) mass is 591 g/mol. The SMILES string of the molecule is COc1ccc(-c2cnc3c(Nc4ccc(C(=O)NC5CC(N6CC(O)CC6C(N)=O)C5)c(C)c4)nccn23)c(F)c1F. The summed E-state index contributed by atoms with van der Waals surface area (Å²) in [6, 6.07) is 7.65. The number of nitrogens with two attached hydrogens (primary N) is 1.